The molecule has 0 atom stereocenters. The van der Waals surface area contributed by atoms with Crippen LogP contribution in [0.2, 0.25) is 0 Å². The second-order valence-corrected chi connectivity index (χ2v) is 7.68. The lowest BCUT2D eigenvalue weighted by atomic mass is 9.83. The summed E-state index contributed by atoms with van der Waals surface area (Å²) in [6.45, 7) is 3.66. The van der Waals surface area contributed by atoms with Gasteiger partial charge in [0.25, 0.3) is 11.9 Å². The number of benzene rings is 1. The first-order chi connectivity index (χ1) is 13.3. The van der Waals surface area contributed by atoms with Crippen LogP contribution in [0.5, 0.6) is 0 Å². The monoisotopic (exact) mass is 383 g/mol. The summed E-state index contributed by atoms with van der Waals surface area (Å²) in [4.78, 5) is 20.9. The lowest BCUT2D eigenvalue weighted by Gasteiger charge is -2.33. The Morgan fingerprint density at radius 2 is 1.96 bits per heavy atom. The van der Waals surface area contributed by atoms with E-state index in [1.165, 1.54) is 29.2 Å². The number of hydrogen-bond donors (Lipinski definition) is 2. The highest BCUT2D eigenvalue weighted by Gasteiger charge is 2.29. The lowest BCUT2D eigenvalue weighted by Crippen LogP contribution is -2.42. The standard InChI is InChI=1S/C20H22FN5O2/c1-12-16-4-3-14(21)9-17(16)26(25-12)19-22-10-13(11-23-19)18(27)24-15-5-7-20(2,28)8-6-15/h3-4,9-11,15,28H,5-8H2,1-2H3,(H,24,27). The molecule has 1 saturated carbocycles. The molecule has 0 unspecified atom stereocenters. The molecule has 2 N–H and O–H groups in total. The molecule has 7 nitrogen and oxygen atoms in total. The van der Waals surface area contributed by atoms with Crippen molar-refractivity contribution in [3.63, 3.8) is 0 Å². The van der Waals surface area contributed by atoms with Crippen LogP contribution in [0.4, 0.5) is 4.39 Å². The van der Waals surface area contributed by atoms with Crippen LogP contribution in [-0.4, -0.2) is 42.4 Å². The number of carbonyl (C=O) groups is 1. The normalized spacial score (nSPS) is 22.4. The minimum Gasteiger partial charge on any atom is -0.390 e. The van der Waals surface area contributed by atoms with E-state index in [1.807, 2.05) is 13.8 Å². The third kappa shape index (κ3) is 3.60. The second kappa shape index (κ2) is 6.94. The Kier molecular flexibility index (Phi) is 4.58. The number of aliphatic hydroxyl groups is 1. The van der Waals surface area contributed by atoms with Crippen molar-refractivity contribution in [2.45, 2.75) is 51.2 Å². The fourth-order valence-corrected chi connectivity index (χ4v) is 3.60. The summed E-state index contributed by atoms with van der Waals surface area (Å²) < 4.78 is 15.1. The third-order valence-electron chi connectivity index (χ3n) is 5.32. The quantitative estimate of drug-likeness (QED) is 0.725. The van der Waals surface area contributed by atoms with E-state index in [0.29, 0.717) is 23.9 Å². The van der Waals surface area contributed by atoms with E-state index in [2.05, 4.69) is 20.4 Å². The van der Waals surface area contributed by atoms with E-state index in [0.717, 1.165) is 23.9 Å². The number of hydrogen-bond acceptors (Lipinski definition) is 5. The maximum Gasteiger partial charge on any atom is 0.254 e. The number of nitrogens with one attached hydrogen (secondary N) is 1. The molecule has 1 fully saturated rings. The number of nitrogens with zero attached hydrogens (tertiary/aromatic N) is 4. The molecule has 1 aliphatic carbocycles. The Bertz CT molecular complexity index is 1020. The van der Waals surface area contributed by atoms with Gasteiger partial charge < -0.3 is 10.4 Å². The van der Waals surface area contributed by atoms with Crippen molar-refractivity contribution in [3.05, 3.63) is 47.7 Å². The van der Waals surface area contributed by atoms with Crippen molar-refractivity contribution >= 4 is 16.8 Å². The van der Waals surface area contributed by atoms with Crippen molar-refractivity contribution in [3.8, 4) is 5.95 Å². The Morgan fingerprint density at radius 1 is 1.29 bits per heavy atom. The largest absolute Gasteiger partial charge is 0.390 e. The predicted molar refractivity (Wildman–Crippen MR) is 102 cm³/mol. The molecule has 3 aromatic rings. The van der Waals surface area contributed by atoms with Gasteiger partial charge in [0.1, 0.15) is 5.82 Å². The van der Waals surface area contributed by atoms with E-state index in [1.54, 1.807) is 6.07 Å². The smallest absolute Gasteiger partial charge is 0.254 e. The van der Waals surface area contributed by atoms with Gasteiger partial charge in [-0.05, 0) is 51.7 Å². The molecule has 1 aliphatic rings. The topological polar surface area (TPSA) is 92.9 Å². The first-order valence-electron chi connectivity index (χ1n) is 9.33. The Hall–Kier alpha value is -2.87. The summed E-state index contributed by atoms with van der Waals surface area (Å²) in [5.74, 6) is -0.337. The molecule has 146 valence electrons. The fourth-order valence-electron chi connectivity index (χ4n) is 3.60. The molecular formula is C20H22FN5O2. The molecule has 8 heteroatoms. The van der Waals surface area contributed by atoms with Crippen LogP contribution in [-0.2, 0) is 0 Å². The lowest BCUT2D eigenvalue weighted by molar-refractivity contribution is 0.0140. The predicted octanol–water partition coefficient (Wildman–Crippen LogP) is 2.69. The Morgan fingerprint density at radius 3 is 2.64 bits per heavy atom. The van der Waals surface area contributed by atoms with Gasteiger partial charge in [-0.2, -0.15) is 9.78 Å². The SMILES string of the molecule is Cc1nn(-c2ncc(C(=O)NC3CCC(C)(O)CC3)cn2)c2cc(F)ccc12. The number of carbonyl (C=O) groups excluding carboxylic acids is 1. The van der Waals surface area contributed by atoms with Crippen molar-refractivity contribution in [2.24, 2.45) is 0 Å². The second-order valence-electron chi connectivity index (χ2n) is 7.68. The van der Waals surface area contributed by atoms with Gasteiger partial charge in [-0.25, -0.2) is 14.4 Å². The molecule has 2 aromatic heterocycles. The van der Waals surface area contributed by atoms with Gasteiger partial charge in [0.15, 0.2) is 0 Å². The minimum absolute atomic E-state index is 0.0353. The van der Waals surface area contributed by atoms with Crippen LogP contribution in [0, 0.1) is 12.7 Å². The zero-order valence-corrected chi connectivity index (χ0v) is 15.8. The highest BCUT2D eigenvalue weighted by atomic mass is 19.1. The summed E-state index contributed by atoms with van der Waals surface area (Å²) in [6, 6.07) is 4.48. The van der Waals surface area contributed by atoms with E-state index in [9.17, 15) is 14.3 Å². The number of rotatable bonds is 3. The van der Waals surface area contributed by atoms with Crippen LogP contribution in [0.1, 0.15) is 48.7 Å². The summed E-state index contributed by atoms with van der Waals surface area (Å²) in [6.07, 6.45) is 5.69. The third-order valence-corrected chi connectivity index (χ3v) is 5.32. The summed E-state index contributed by atoms with van der Waals surface area (Å²) in [5, 5.41) is 18.2. The summed E-state index contributed by atoms with van der Waals surface area (Å²) >= 11 is 0. The van der Waals surface area contributed by atoms with Gasteiger partial charge >= 0.3 is 0 Å². The summed E-state index contributed by atoms with van der Waals surface area (Å²) in [5.41, 5.74) is 1.02. The average Bonchev–Trinajstić information content (AvgIpc) is 2.99. The van der Waals surface area contributed by atoms with Crippen LogP contribution in [0.25, 0.3) is 16.9 Å². The highest BCUT2D eigenvalue weighted by Crippen LogP contribution is 2.27. The molecule has 0 bridgehead atoms. The zero-order valence-electron chi connectivity index (χ0n) is 15.8. The molecule has 0 radical (unpaired) electrons. The number of halogens is 1. The van der Waals surface area contributed by atoms with Crippen LogP contribution in [0.15, 0.2) is 30.6 Å². The van der Waals surface area contributed by atoms with Crippen molar-refractivity contribution < 1.29 is 14.3 Å². The molecular weight excluding hydrogens is 361 g/mol. The van der Waals surface area contributed by atoms with Gasteiger partial charge in [-0.15, -0.1) is 0 Å². The number of aryl methyl sites for hydroxylation is 1. The van der Waals surface area contributed by atoms with Crippen LogP contribution >= 0.6 is 0 Å². The van der Waals surface area contributed by atoms with Crippen LogP contribution < -0.4 is 5.32 Å². The van der Waals surface area contributed by atoms with Gasteiger partial charge in [0.2, 0.25) is 0 Å². The Balaban J connectivity index is 1.52. The average molecular weight is 383 g/mol. The van der Waals surface area contributed by atoms with Crippen molar-refractivity contribution in [2.75, 3.05) is 0 Å². The molecule has 4 rings (SSSR count). The molecule has 1 amide bonds. The van der Waals surface area contributed by atoms with Gasteiger partial charge in [0, 0.05) is 29.9 Å². The highest BCUT2D eigenvalue weighted by molar-refractivity contribution is 5.93. The first kappa shape index (κ1) is 18.5. The van der Waals surface area contributed by atoms with E-state index in [4.69, 9.17) is 0 Å². The van der Waals surface area contributed by atoms with E-state index < -0.39 is 5.60 Å². The molecule has 0 saturated heterocycles. The maximum absolute atomic E-state index is 13.6. The fraction of sp³-hybridized carbons (Fsp3) is 0.400. The van der Waals surface area contributed by atoms with E-state index in [-0.39, 0.29) is 23.7 Å². The van der Waals surface area contributed by atoms with Crippen molar-refractivity contribution in [1.29, 1.82) is 0 Å². The number of aromatic nitrogens is 4. The molecule has 28 heavy (non-hydrogen) atoms. The van der Waals surface area contributed by atoms with Crippen molar-refractivity contribution in [1.82, 2.24) is 25.1 Å². The first-order valence-corrected chi connectivity index (χ1v) is 9.33. The molecule has 0 spiro atoms. The van der Waals surface area contributed by atoms with Gasteiger partial charge in [-0.3, -0.25) is 4.79 Å². The van der Waals surface area contributed by atoms with Gasteiger partial charge in [0.05, 0.1) is 22.4 Å². The van der Waals surface area contributed by atoms with E-state index >= 15 is 0 Å². The molecule has 2 heterocycles. The summed E-state index contributed by atoms with van der Waals surface area (Å²) in [7, 11) is 0. The van der Waals surface area contributed by atoms with Gasteiger partial charge in [-0.1, -0.05) is 0 Å². The Labute approximate surface area is 161 Å². The molecule has 0 aliphatic heterocycles. The number of amides is 1. The number of fused-ring (bicyclic) bond motifs is 1. The maximum atomic E-state index is 13.6. The molecule has 1 aromatic carbocycles. The minimum atomic E-state index is -0.643. The zero-order chi connectivity index (χ0) is 19.9. The van der Waals surface area contributed by atoms with Crippen LogP contribution in [0.3, 0.4) is 0 Å².